The zero-order valence-electron chi connectivity index (χ0n) is 9.83. The molecule has 2 aliphatic heterocycles. The van der Waals surface area contributed by atoms with Crippen LogP contribution in [-0.2, 0) is 9.84 Å². The minimum absolute atomic E-state index is 0.0775. The van der Waals surface area contributed by atoms with Crippen LogP contribution in [0.1, 0.15) is 0 Å². The number of nitrogens with zero attached hydrogens (tertiary/aromatic N) is 2. The highest BCUT2D eigenvalue weighted by atomic mass is 32.2. The summed E-state index contributed by atoms with van der Waals surface area (Å²) >= 11 is 0. The Bertz CT molecular complexity index is 351. The molecule has 0 aromatic heterocycles. The molecule has 0 amide bonds. The Kier molecular flexibility index (Phi) is 4.04. The van der Waals surface area contributed by atoms with Crippen LogP contribution in [0.15, 0.2) is 0 Å². The summed E-state index contributed by atoms with van der Waals surface area (Å²) in [5.41, 5.74) is 0. The number of aliphatic hydroxyl groups excluding tert-OH is 2. The van der Waals surface area contributed by atoms with Gasteiger partial charge in [0, 0.05) is 32.7 Å². The average Bonchev–Trinajstić information content (AvgIpc) is 2.54. The van der Waals surface area contributed by atoms with Crippen LogP contribution in [0.25, 0.3) is 0 Å². The maximum atomic E-state index is 11.4. The molecular weight excluding hydrogens is 244 g/mol. The number of hydrogen-bond acceptors (Lipinski definition) is 6. The molecule has 0 saturated carbocycles. The minimum atomic E-state index is -3.06. The van der Waals surface area contributed by atoms with Gasteiger partial charge >= 0.3 is 0 Å². The van der Waals surface area contributed by atoms with Crippen LogP contribution in [0, 0.1) is 0 Å². The lowest BCUT2D eigenvalue weighted by Gasteiger charge is -2.38. The van der Waals surface area contributed by atoms with Crippen LogP contribution < -0.4 is 0 Å². The number of hydrogen-bond donors (Lipinski definition) is 2. The van der Waals surface area contributed by atoms with Gasteiger partial charge < -0.3 is 10.2 Å². The van der Waals surface area contributed by atoms with Crippen LogP contribution in [0.5, 0.6) is 0 Å². The first kappa shape index (κ1) is 13.2. The summed E-state index contributed by atoms with van der Waals surface area (Å²) in [6.45, 7) is 3.99. The molecule has 0 aromatic rings. The predicted molar refractivity (Wildman–Crippen MR) is 63.5 cm³/mol. The maximum absolute atomic E-state index is 11.4. The van der Waals surface area contributed by atoms with Gasteiger partial charge in [-0.1, -0.05) is 0 Å². The Morgan fingerprint density at radius 2 is 1.76 bits per heavy atom. The van der Waals surface area contributed by atoms with E-state index in [0.717, 1.165) is 26.2 Å². The summed E-state index contributed by atoms with van der Waals surface area (Å²) in [6, 6.07) is -0.240. The Morgan fingerprint density at radius 1 is 1.12 bits per heavy atom. The normalized spacial score (nSPS) is 35.2. The largest absolute Gasteiger partial charge is 0.395 e. The highest BCUT2D eigenvalue weighted by Gasteiger charge is 2.40. The molecule has 2 saturated heterocycles. The van der Waals surface area contributed by atoms with E-state index in [-0.39, 0.29) is 24.2 Å². The Labute approximate surface area is 102 Å². The van der Waals surface area contributed by atoms with Crippen molar-refractivity contribution >= 4 is 9.84 Å². The highest BCUT2D eigenvalue weighted by molar-refractivity contribution is 7.91. The summed E-state index contributed by atoms with van der Waals surface area (Å²) < 4.78 is 22.9. The topological polar surface area (TPSA) is 81.1 Å². The lowest BCUT2D eigenvalue weighted by atomic mass is 10.1. The van der Waals surface area contributed by atoms with E-state index >= 15 is 0 Å². The van der Waals surface area contributed by atoms with E-state index in [0.29, 0.717) is 6.54 Å². The first-order valence-corrected chi connectivity index (χ1v) is 7.80. The zero-order valence-corrected chi connectivity index (χ0v) is 10.6. The molecule has 2 atom stereocenters. The first-order chi connectivity index (χ1) is 8.02. The van der Waals surface area contributed by atoms with E-state index in [1.807, 2.05) is 0 Å². The maximum Gasteiger partial charge on any atom is 0.154 e. The quantitative estimate of drug-likeness (QED) is 0.600. The van der Waals surface area contributed by atoms with Gasteiger partial charge in [0.05, 0.1) is 30.3 Å². The number of β-amino-alcohol motifs (C(OH)–C–C–N with tert-alkyl or cyclic N) is 1. The Morgan fingerprint density at radius 3 is 2.24 bits per heavy atom. The van der Waals surface area contributed by atoms with E-state index in [2.05, 4.69) is 9.80 Å². The van der Waals surface area contributed by atoms with Gasteiger partial charge in [-0.15, -0.1) is 0 Å². The van der Waals surface area contributed by atoms with Gasteiger partial charge in [0.25, 0.3) is 0 Å². The van der Waals surface area contributed by atoms with Crippen LogP contribution in [0.3, 0.4) is 0 Å². The highest BCUT2D eigenvalue weighted by Crippen LogP contribution is 2.19. The molecule has 2 rings (SSSR count). The molecule has 0 aromatic carbocycles. The van der Waals surface area contributed by atoms with Gasteiger partial charge in [-0.3, -0.25) is 9.80 Å². The molecule has 0 spiro atoms. The van der Waals surface area contributed by atoms with Gasteiger partial charge in [0.15, 0.2) is 9.84 Å². The van der Waals surface area contributed by atoms with Crippen LogP contribution in [0.2, 0.25) is 0 Å². The summed E-state index contributed by atoms with van der Waals surface area (Å²) in [7, 11) is -3.06. The van der Waals surface area contributed by atoms with Gasteiger partial charge in [0.2, 0.25) is 0 Å². The standard InChI is InChI=1S/C10H20N2O4S/c13-6-5-11-1-3-12(4-2-11)9-7-17(15,16)8-10(9)14/h9-10,13-14H,1-8H2/t9-,10+/m1/s1. The monoisotopic (exact) mass is 264 g/mol. The first-order valence-electron chi connectivity index (χ1n) is 5.97. The van der Waals surface area contributed by atoms with E-state index in [9.17, 15) is 13.5 Å². The fourth-order valence-electron chi connectivity index (χ4n) is 2.62. The van der Waals surface area contributed by atoms with E-state index in [1.165, 1.54) is 0 Å². The van der Waals surface area contributed by atoms with Crippen molar-refractivity contribution in [2.45, 2.75) is 12.1 Å². The molecule has 7 heteroatoms. The number of aliphatic hydroxyl groups is 2. The number of piperazine rings is 1. The third-order valence-corrected chi connectivity index (χ3v) is 5.28. The van der Waals surface area contributed by atoms with Crippen molar-refractivity contribution in [3.63, 3.8) is 0 Å². The molecule has 6 nitrogen and oxygen atoms in total. The molecule has 2 N–H and O–H groups in total. The van der Waals surface area contributed by atoms with Gasteiger partial charge in [-0.05, 0) is 0 Å². The Hall–Kier alpha value is -0.210. The summed E-state index contributed by atoms with van der Waals surface area (Å²) in [5, 5.41) is 18.6. The number of rotatable bonds is 3. The van der Waals surface area contributed by atoms with Crippen LogP contribution >= 0.6 is 0 Å². The average molecular weight is 264 g/mol. The van der Waals surface area contributed by atoms with Gasteiger partial charge in [-0.2, -0.15) is 0 Å². The van der Waals surface area contributed by atoms with Crippen molar-refractivity contribution in [3.05, 3.63) is 0 Å². The minimum Gasteiger partial charge on any atom is -0.395 e. The fourth-order valence-corrected chi connectivity index (χ4v) is 4.45. The molecule has 2 aliphatic rings. The molecule has 0 radical (unpaired) electrons. The van der Waals surface area contributed by atoms with E-state index < -0.39 is 15.9 Å². The summed E-state index contributed by atoms with van der Waals surface area (Å²) in [6.07, 6.45) is -0.746. The molecule has 0 bridgehead atoms. The van der Waals surface area contributed by atoms with Crippen molar-refractivity contribution in [2.75, 3.05) is 50.8 Å². The third kappa shape index (κ3) is 3.17. The van der Waals surface area contributed by atoms with E-state index in [4.69, 9.17) is 5.11 Å². The summed E-state index contributed by atoms with van der Waals surface area (Å²) in [5.74, 6) is -0.0251. The fraction of sp³-hybridized carbons (Fsp3) is 1.00. The third-order valence-electron chi connectivity index (χ3n) is 3.59. The summed E-state index contributed by atoms with van der Waals surface area (Å²) in [4.78, 5) is 4.20. The molecule has 2 fully saturated rings. The van der Waals surface area contributed by atoms with Crippen LogP contribution in [-0.4, -0.2) is 91.4 Å². The second-order valence-corrected chi connectivity index (χ2v) is 6.97. The van der Waals surface area contributed by atoms with Crippen molar-refractivity contribution in [3.8, 4) is 0 Å². The molecule has 0 unspecified atom stereocenters. The second-order valence-electron chi connectivity index (χ2n) is 4.81. The number of sulfone groups is 1. The van der Waals surface area contributed by atoms with Crippen molar-refractivity contribution < 1.29 is 18.6 Å². The molecule has 100 valence electrons. The molecular formula is C10H20N2O4S. The van der Waals surface area contributed by atoms with Gasteiger partial charge in [0.1, 0.15) is 0 Å². The lowest BCUT2D eigenvalue weighted by molar-refractivity contribution is 0.0399. The molecule has 17 heavy (non-hydrogen) atoms. The molecule has 2 heterocycles. The van der Waals surface area contributed by atoms with Crippen molar-refractivity contribution in [1.29, 1.82) is 0 Å². The smallest absolute Gasteiger partial charge is 0.154 e. The van der Waals surface area contributed by atoms with Gasteiger partial charge in [-0.25, -0.2) is 8.42 Å². The molecule has 0 aliphatic carbocycles. The SMILES string of the molecule is O=S1(=O)C[C@@H](N2CCN(CCO)CC2)[C@@H](O)C1. The zero-order chi connectivity index (χ0) is 12.5. The van der Waals surface area contributed by atoms with Crippen molar-refractivity contribution in [2.24, 2.45) is 0 Å². The predicted octanol–water partition coefficient (Wildman–Crippen LogP) is -2.25. The van der Waals surface area contributed by atoms with Crippen molar-refractivity contribution in [1.82, 2.24) is 9.80 Å². The Balaban J connectivity index is 1.89. The second kappa shape index (κ2) is 5.19. The van der Waals surface area contributed by atoms with E-state index in [1.54, 1.807) is 0 Å². The van der Waals surface area contributed by atoms with Crippen LogP contribution in [0.4, 0.5) is 0 Å². The lowest BCUT2D eigenvalue weighted by Crippen LogP contribution is -2.53.